The van der Waals surface area contributed by atoms with Crippen molar-refractivity contribution in [2.24, 2.45) is 0 Å². The van der Waals surface area contributed by atoms with E-state index in [4.69, 9.17) is 0 Å². The van der Waals surface area contributed by atoms with Crippen molar-refractivity contribution >= 4 is 31.6 Å². The number of benzene rings is 1. The normalized spacial score (nSPS) is 11.3. The van der Waals surface area contributed by atoms with E-state index in [-0.39, 0.29) is 9.79 Å². The summed E-state index contributed by atoms with van der Waals surface area (Å²) in [4.78, 5) is 6.38. The summed E-state index contributed by atoms with van der Waals surface area (Å²) in [6, 6.07) is 11.5. The maximum Gasteiger partial charge on any atom is 0.210 e. The number of pyridine rings is 1. The minimum absolute atomic E-state index is 0.201. The molecule has 0 aliphatic heterocycles. The van der Waals surface area contributed by atoms with Gasteiger partial charge in [-0.1, -0.05) is 18.2 Å². The van der Waals surface area contributed by atoms with Gasteiger partial charge in [0.25, 0.3) is 0 Å². The largest absolute Gasteiger partial charge is 0.362 e. The lowest BCUT2D eigenvalue weighted by Crippen LogP contribution is -2.16. The first-order valence-electron chi connectivity index (χ1n) is 5.57. The Labute approximate surface area is 121 Å². The molecule has 4 nitrogen and oxygen atoms in total. The van der Waals surface area contributed by atoms with E-state index in [1.165, 1.54) is 0 Å². The van der Waals surface area contributed by atoms with Gasteiger partial charge in [0.1, 0.15) is 15.3 Å². The molecule has 2 rings (SSSR count). The molecule has 0 radical (unpaired) electrons. The van der Waals surface area contributed by atoms with Crippen molar-refractivity contribution in [1.82, 2.24) is 4.98 Å². The first-order valence-corrected chi connectivity index (χ1v) is 7.84. The lowest BCUT2D eigenvalue weighted by atomic mass is 10.4. The maximum absolute atomic E-state index is 12.6. The summed E-state index contributed by atoms with van der Waals surface area (Å²) in [6.45, 7) is 0. The predicted molar refractivity (Wildman–Crippen MR) is 78.2 cm³/mol. The van der Waals surface area contributed by atoms with E-state index >= 15 is 0 Å². The van der Waals surface area contributed by atoms with Gasteiger partial charge in [0, 0.05) is 14.1 Å². The second kappa shape index (κ2) is 5.30. The zero-order valence-corrected chi connectivity index (χ0v) is 12.9. The molecule has 0 fully saturated rings. The summed E-state index contributed by atoms with van der Waals surface area (Å²) < 4.78 is 25.8. The van der Waals surface area contributed by atoms with Crippen LogP contribution in [0.4, 0.5) is 5.82 Å². The topological polar surface area (TPSA) is 50.3 Å². The fraction of sp³-hybridized carbons (Fsp3) is 0.154. The van der Waals surface area contributed by atoms with Crippen molar-refractivity contribution in [3.8, 4) is 0 Å². The number of aromatic nitrogens is 1. The molecule has 0 saturated carbocycles. The Kier molecular flexibility index (Phi) is 3.91. The van der Waals surface area contributed by atoms with E-state index in [9.17, 15) is 8.42 Å². The first-order chi connectivity index (χ1) is 8.93. The predicted octanol–water partition coefficient (Wildman–Crippen LogP) is 2.74. The minimum atomic E-state index is -3.56. The van der Waals surface area contributed by atoms with Crippen LogP contribution < -0.4 is 4.90 Å². The quantitative estimate of drug-likeness (QED) is 0.806. The Morgan fingerprint density at radius 3 is 2.26 bits per heavy atom. The SMILES string of the molecule is CN(C)c1nc(Br)ccc1S(=O)(=O)c1ccccc1. The van der Waals surface area contributed by atoms with Crippen molar-refractivity contribution in [3.05, 3.63) is 47.1 Å². The molecule has 0 saturated heterocycles. The second-order valence-electron chi connectivity index (χ2n) is 4.17. The Morgan fingerprint density at radius 2 is 1.68 bits per heavy atom. The summed E-state index contributed by atoms with van der Waals surface area (Å²) in [7, 11) is -0.0310. The van der Waals surface area contributed by atoms with E-state index in [1.807, 2.05) is 0 Å². The lowest BCUT2D eigenvalue weighted by molar-refractivity contribution is 0.595. The highest BCUT2D eigenvalue weighted by atomic mass is 79.9. The second-order valence-corrected chi connectivity index (χ2v) is 6.90. The highest BCUT2D eigenvalue weighted by Gasteiger charge is 2.23. The molecule has 0 bridgehead atoms. The average molecular weight is 341 g/mol. The Morgan fingerprint density at radius 1 is 1.05 bits per heavy atom. The molecule has 2 aromatic rings. The molecule has 0 atom stereocenters. The molecule has 100 valence electrons. The van der Waals surface area contributed by atoms with Crippen LogP contribution in [-0.2, 0) is 9.84 Å². The molecule has 6 heteroatoms. The zero-order valence-electron chi connectivity index (χ0n) is 10.5. The van der Waals surface area contributed by atoms with Crippen molar-refractivity contribution in [2.75, 3.05) is 19.0 Å². The molecular weight excluding hydrogens is 328 g/mol. The number of hydrogen-bond donors (Lipinski definition) is 0. The van der Waals surface area contributed by atoms with Gasteiger partial charge in [-0.05, 0) is 40.2 Å². The third-order valence-corrected chi connectivity index (χ3v) is 4.80. The third kappa shape index (κ3) is 2.79. The molecule has 0 aliphatic carbocycles. The molecule has 0 spiro atoms. The van der Waals surface area contributed by atoms with Crippen LogP contribution >= 0.6 is 15.9 Å². The van der Waals surface area contributed by atoms with Gasteiger partial charge in [-0.3, -0.25) is 0 Å². The standard InChI is InChI=1S/C13H13BrN2O2S/c1-16(2)13-11(8-9-12(14)15-13)19(17,18)10-6-4-3-5-7-10/h3-9H,1-2H3. The molecule has 1 aromatic carbocycles. The highest BCUT2D eigenvalue weighted by molar-refractivity contribution is 9.10. The van der Waals surface area contributed by atoms with Crippen LogP contribution in [0.2, 0.25) is 0 Å². The Bertz CT molecular complexity index is 685. The van der Waals surface area contributed by atoms with Crippen LogP contribution in [0.25, 0.3) is 0 Å². The van der Waals surface area contributed by atoms with Crippen molar-refractivity contribution in [2.45, 2.75) is 9.79 Å². The number of nitrogens with zero attached hydrogens (tertiary/aromatic N) is 2. The van der Waals surface area contributed by atoms with Crippen molar-refractivity contribution < 1.29 is 8.42 Å². The highest BCUT2D eigenvalue weighted by Crippen LogP contribution is 2.29. The molecule has 0 N–H and O–H groups in total. The maximum atomic E-state index is 12.6. The van der Waals surface area contributed by atoms with E-state index in [0.717, 1.165) is 0 Å². The van der Waals surface area contributed by atoms with E-state index in [2.05, 4.69) is 20.9 Å². The first kappa shape index (κ1) is 14.0. The minimum Gasteiger partial charge on any atom is -0.362 e. The summed E-state index contributed by atoms with van der Waals surface area (Å²) >= 11 is 3.25. The fourth-order valence-corrected chi connectivity index (χ4v) is 3.45. The Balaban J connectivity index is 2.65. The molecule has 1 heterocycles. The van der Waals surface area contributed by atoms with Crippen LogP contribution in [0.15, 0.2) is 56.9 Å². The van der Waals surface area contributed by atoms with Crippen LogP contribution in [0.1, 0.15) is 0 Å². The smallest absolute Gasteiger partial charge is 0.210 e. The molecule has 1 aromatic heterocycles. The number of anilines is 1. The number of halogens is 1. The van der Waals surface area contributed by atoms with Crippen LogP contribution in [-0.4, -0.2) is 27.5 Å². The van der Waals surface area contributed by atoms with Gasteiger partial charge >= 0.3 is 0 Å². The van der Waals surface area contributed by atoms with Gasteiger partial charge in [-0.15, -0.1) is 0 Å². The molecule has 19 heavy (non-hydrogen) atoms. The summed E-state index contributed by atoms with van der Waals surface area (Å²) in [5.41, 5.74) is 0. The monoisotopic (exact) mass is 340 g/mol. The van der Waals surface area contributed by atoms with Gasteiger partial charge in [-0.25, -0.2) is 13.4 Å². The molecule has 0 amide bonds. The average Bonchev–Trinajstić information content (AvgIpc) is 2.39. The van der Waals surface area contributed by atoms with Crippen LogP contribution in [0, 0.1) is 0 Å². The van der Waals surface area contributed by atoms with Crippen molar-refractivity contribution in [1.29, 1.82) is 0 Å². The number of hydrogen-bond acceptors (Lipinski definition) is 4. The Hall–Kier alpha value is -1.40. The van der Waals surface area contributed by atoms with Crippen LogP contribution in [0.3, 0.4) is 0 Å². The van der Waals surface area contributed by atoms with Crippen LogP contribution in [0.5, 0.6) is 0 Å². The van der Waals surface area contributed by atoms with E-state index in [1.54, 1.807) is 61.5 Å². The van der Waals surface area contributed by atoms with Gasteiger partial charge in [-0.2, -0.15) is 0 Å². The van der Waals surface area contributed by atoms with Gasteiger partial charge in [0.2, 0.25) is 9.84 Å². The van der Waals surface area contributed by atoms with Gasteiger partial charge in [0.05, 0.1) is 4.90 Å². The lowest BCUT2D eigenvalue weighted by Gasteiger charge is -2.16. The van der Waals surface area contributed by atoms with Gasteiger partial charge < -0.3 is 4.90 Å². The zero-order chi connectivity index (χ0) is 14.0. The van der Waals surface area contributed by atoms with E-state index < -0.39 is 9.84 Å². The number of rotatable bonds is 3. The number of sulfone groups is 1. The summed E-state index contributed by atoms with van der Waals surface area (Å²) in [5, 5.41) is 0. The van der Waals surface area contributed by atoms with Gasteiger partial charge in [0.15, 0.2) is 0 Å². The molecule has 0 aliphatic rings. The molecule has 0 unspecified atom stereocenters. The van der Waals surface area contributed by atoms with Crippen molar-refractivity contribution in [3.63, 3.8) is 0 Å². The fourth-order valence-electron chi connectivity index (χ4n) is 1.67. The third-order valence-electron chi connectivity index (χ3n) is 2.57. The molecular formula is C13H13BrN2O2S. The summed E-state index contributed by atoms with van der Waals surface area (Å²) in [5.74, 6) is 0.415. The van der Waals surface area contributed by atoms with E-state index in [0.29, 0.717) is 10.4 Å². The summed E-state index contributed by atoms with van der Waals surface area (Å²) in [6.07, 6.45) is 0.